The molecule has 4 heteroatoms. The molecule has 2 rings (SSSR count). The van der Waals surface area contributed by atoms with Crippen LogP contribution >= 0.6 is 11.3 Å². The zero-order valence-electron chi connectivity index (χ0n) is 10.0. The number of nitriles is 1. The van der Waals surface area contributed by atoms with Gasteiger partial charge in [-0.1, -0.05) is 0 Å². The van der Waals surface area contributed by atoms with Crippen molar-refractivity contribution in [2.24, 2.45) is 0 Å². The third-order valence-electron chi connectivity index (χ3n) is 3.14. The highest BCUT2D eigenvalue weighted by Gasteiger charge is 2.29. The number of hydrogen-bond acceptors (Lipinski definition) is 4. The van der Waals surface area contributed by atoms with E-state index in [0.29, 0.717) is 10.6 Å². The fourth-order valence-electron chi connectivity index (χ4n) is 2.10. The molecule has 2 N–H and O–H groups in total. The molecule has 1 aromatic rings. The van der Waals surface area contributed by atoms with Crippen LogP contribution in [0.5, 0.6) is 0 Å². The van der Waals surface area contributed by atoms with Crippen LogP contribution in [-0.2, 0) is 13.0 Å². The molecule has 0 unspecified atom stereocenters. The van der Waals surface area contributed by atoms with E-state index in [2.05, 4.69) is 31.7 Å². The summed E-state index contributed by atoms with van der Waals surface area (Å²) in [7, 11) is 0. The van der Waals surface area contributed by atoms with Gasteiger partial charge in [-0.2, -0.15) is 5.26 Å². The van der Waals surface area contributed by atoms with Crippen molar-refractivity contribution in [1.82, 2.24) is 4.90 Å². The van der Waals surface area contributed by atoms with Crippen LogP contribution in [0.15, 0.2) is 0 Å². The maximum atomic E-state index is 9.11. The summed E-state index contributed by atoms with van der Waals surface area (Å²) < 4.78 is 0. The smallest absolute Gasteiger partial charge is 0.104 e. The lowest BCUT2D eigenvalue weighted by molar-refractivity contribution is 0.121. The number of nitrogen functional groups attached to an aromatic ring is 1. The summed E-state index contributed by atoms with van der Waals surface area (Å²) in [6, 6.07) is 2.23. The molecule has 0 fully saturated rings. The van der Waals surface area contributed by atoms with Crippen molar-refractivity contribution >= 4 is 16.3 Å². The van der Waals surface area contributed by atoms with Crippen LogP contribution in [0.2, 0.25) is 0 Å². The first-order valence-corrected chi connectivity index (χ1v) is 6.30. The van der Waals surface area contributed by atoms with E-state index in [0.717, 1.165) is 25.1 Å². The minimum absolute atomic E-state index is 0.154. The van der Waals surface area contributed by atoms with E-state index >= 15 is 0 Å². The lowest BCUT2D eigenvalue weighted by Gasteiger charge is -2.38. The minimum atomic E-state index is 0.154. The second-order valence-corrected chi connectivity index (χ2v) is 6.33. The molecule has 1 aromatic heterocycles. The zero-order valence-corrected chi connectivity index (χ0v) is 10.8. The highest BCUT2D eigenvalue weighted by molar-refractivity contribution is 7.16. The molecule has 16 heavy (non-hydrogen) atoms. The normalized spacial score (nSPS) is 16.9. The molecule has 0 saturated carbocycles. The maximum Gasteiger partial charge on any atom is 0.104 e. The second-order valence-electron chi connectivity index (χ2n) is 5.20. The Morgan fingerprint density at radius 1 is 1.44 bits per heavy atom. The first-order chi connectivity index (χ1) is 7.43. The van der Waals surface area contributed by atoms with Gasteiger partial charge in [0.05, 0.1) is 5.56 Å². The number of nitrogens with two attached hydrogens (primary N) is 1. The molecule has 0 radical (unpaired) electrons. The fourth-order valence-corrected chi connectivity index (χ4v) is 3.12. The van der Waals surface area contributed by atoms with Gasteiger partial charge in [0, 0.05) is 29.1 Å². The van der Waals surface area contributed by atoms with Gasteiger partial charge < -0.3 is 5.73 Å². The SMILES string of the molecule is CC(C)(C)N1CCc2sc(N)c(C#N)c2C1. The molecule has 0 aromatic carbocycles. The Morgan fingerprint density at radius 3 is 2.69 bits per heavy atom. The molecule has 2 heterocycles. The van der Waals surface area contributed by atoms with Crippen LogP contribution in [-0.4, -0.2) is 17.0 Å². The van der Waals surface area contributed by atoms with Crippen LogP contribution in [0.25, 0.3) is 0 Å². The van der Waals surface area contributed by atoms with Crippen molar-refractivity contribution in [3.05, 3.63) is 16.0 Å². The fraction of sp³-hybridized carbons (Fsp3) is 0.583. The quantitative estimate of drug-likeness (QED) is 0.751. The van der Waals surface area contributed by atoms with Crippen LogP contribution < -0.4 is 5.73 Å². The second kappa shape index (κ2) is 3.76. The summed E-state index contributed by atoms with van der Waals surface area (Å²) in [5, 5.41) is 9.79. The predicted molar refractivity (Wildman–Crippen MR) is 67.3 cm³/mol. The van der Waals surface area contributed by atoms with E-state index in [1.165, 1.54) is 4.88 Å². The summed E-state index contributed by atoms with van der Waals surface area (Å²) in [6.45, 7) is 8.54. The molecule has 1 aliphatic rings. The zero-order chi connectivity index (χ0) is 11.9. The number of anilines is 1. The molecule has 0 atom stereocenters. The molecule has 86 valence electrons. The molecule has 0 aliphatic carbocycles. The predicted octanol–water partition coefficient (Wildman–Crippen LogP) is 2.36. The Bertz CT molecular complexity index is 448. The van der Waals surface area contributed by atoms with Crippen LogP contribution in [0.4, 0.5) is 5.00 Å². The standard InChI is InChI=1S/C12H17N3S/c1-12(2,3)15-5-4-10-9(7-15)8(6-13)11(14)16-10/h4-5,7,14H2,1-3H3. The largest absolute Gasteiger partial charge is 0.389 e. The summed E-state index contributed by atoms with van der Waals surface area (Å²) >= 11 is 1.58. The van der Waals surface area contributed by atoms with Gasteiger partial charge in [0.2, 0.25) is 0 Å². The molecule has 0 amide bonds. The molecule has 0 saturated heterocycles. The number of hydrogen-bond donors (Lipinski definition) is 1. The average molecular weight is 235 g/mol. The highest BCUT2D eigenvalue weighted by Crippen LogP contribution is 2.36. The number of fused-ring (bicyclic) bond motifs is 1. The van der Waals surface area contributed by atoms with Gasteiger partial charge in [0.1, 0.15) is 11.1 Å². The molecular weight excluding hydrogens is 218 g/mol. The molecule has 0 bridgehead atoms. The van der Waals surface area contributed by atoms with Crippen LogP contribution in [0.1, 0.15) is 36.8 Å². The van der Waals surface area contributed by atoms with Crippen molar-refractivity contribution in [2.45, 2.75) is 39.3 Å². The number of thiophene rings is 1. The Labute approximate surface area is 100 Å². The van der Waals surface area contributed by atoms with E-state index in [4.69, 9.17) is 11.0 Å². The van der Waals surface area contributed by atoms with Crippen molar-refractivity contribution < 1.29 is 0 Å². The Morgan fingerprint density at radius 2 is 2.12 bits per heavy atom. The van der Waals surface area contributed by atoms with Crippen LogP contribution in [0, 0.1) is 11.3 Å². The van der Waals surface area contributed by atoms with Gasteiger partial charge in [0.15, 0.2) is 0 Å². The summed E-state index contributed by atoms with van der Waals surface area (Å²) in [5.41, 5.74) is 7.88. The maximum absolute atomic E-state index is 9.11. The third kappa shape index (κ3) is 1.81. The van der Waals surface area contributed by atoms with E-state index in [1.807, 2.05) is 0 Å². The topological polar surface area (TPSA) is 53.0 Å². The van der Waals surface area contributed by atoms with E-state index in [-0.39, 0.29) is 5.54 Å². The van der Waals surface area contributed by atoms with Crippen molar-refractivity contribution in [2.75, 3.05) is 12.3 Å². The number of nitrogens with zero attached hydrogens (tertiary/aromatic N) is 2. The van der Waals surface area contributed by atoms with Gasteiger partial charge in [-0.15, -0.1) is 11.3 Å². The van der Waals surface area contributed by atoms with Gasteiger partial charge >= 0.3 is 0 Å². The van der Waals surface area contributed by atoms with Crippen molar-refractivity contribution in [3.8, 4) is 6.07 Å². The van der Waals surface area contributed by atoms with Gasteiger partial charge in [-0.3, -0.25) is 4.90 Å². The first-order valence-electron chi connectivity index (χ1n) is 5.48. The van der Waals surface area contributed by atoms with Crippen LogP contribution in [0.3, 0.4) is 0 Å². The minimum Gasteiger partial charge on any atom is -0.389 e. The first kappa shape index (κ1) is 11.4. The van der Waals surface area contributed by atoms with Gasteiger partial charge in [-0.05, 0) is 27.2 Å². The monoisotopic (exact) mass is 235 g/mol. The van der Waals surface area contributed by atoms with Crippen molar-refractivity contribution in [3.63, 3.8) is 0 Å². The lowest BCUT2D eigenvalue weighted by Crippen LogP contribution is -2.44. The molecule has 1 aliphatic heterocycles. The van der Waals surface area contributed by atoms with E-state index in [1.54, 1.807) is 11.3 Å². The molecule has 0 spiro atoms. The summed E-state index contributed by atoms with van der Waals surface area (Å²) in [6.07, 6.45) is 1.02. The van der Waals surface area contributed by atoms with Gasteiger partial charge in [0.25, 0.3) is 0 Å². The lowest BCUT2D eigenvalue weighted by atomic mass is 9.98. The highest BCUT2D eigenvalue weighted by atomic mass is 32.1. The Hall–Kier alpha value is -1.05. The summed E-state index contributed by atoms with van der Waals surface area (Å²) in [4.78, 5) is 3.71. The summed E-state index contributed by atoms with van der Waals surface area (Å²) in [5.74, 6) is 0. The Balaban J connectivity index is 2.37. The molecular formula is C12H17N3S. The Kier molecular flexibility index (Phi) is 2.69. The van der Waals surface area contributed by atoms with E-state index in [9.17, 15) is 0 Å². The van der Waals surface area contributed by atoms with Crippen molar-refractivity contribution in [1.29, 1.82) is 5.26 Å². The van der Waals surface area contributed by atoms with Gasteiger partial charge in [-0.25, -0.2) is 0 Å². The average Bonchev–Trinajstić information content (AvgIpc) is 2.50. The number of rotatable bonds is 0. The third-order valence-corrected chi connectivity index (χ3v) is 4.26. The molecule has 3 nitrogen and oxygen atoms in total. The van der Waals surface area contributed by atoms with E-state index < -0.39 is 0 Å².